The van der Waals surface area contributed by atoms with Gasteiger partial charge in [-0.25, -0.2) is 14.5 Å². The number of rotatable bonds is 5. The summed E-state index contributed by atoms with van der Waals surface area (Å²) >= 11 is 3.33. The van der Waals surface area contributed by atoms with Gasteiger partial charge >= 0.3 is 12.0 Å². The summed E-state index contributed by atoms with van der Waals surface area (Å²) in [4.78, 5) is 51.4. The van der Waals surface area contributed by atoms with Crippen molar-refractivity contribution < 1.29 is 23.9 Å². The summed E-state index contributed by atoms with van der Waals surface area (Å²) in [6.07, 6.45) is 1.48. The molecule has 8 nitrogen and oxygen atoms in total. The van der Waals surface area contributed by atoms with Crippen molar-refractivity contribution in [1.82, 2.24) is 9.88 Å². The van der Waals surface area contributed by atoms with Crippen LogP contribution in [0.2, 0.25) is 0 Å². The lowest BCUT2D eigenvalue weighted by Crippen LogP contribution is -2.54. The Morgan fingerprint density at radius 1 is 1.03 bits per heavy atom. The van der Waals surface area contributed by atoms with Gasteiger partial charge in [0.2, 0.25) is 0 Å². The van der Waals surface area contributed by atoms with Crippen LogP contribution < -0.4 is 10.2 Å². The normalized spacial score (nSPS) is 14.9. The molecule has 35 heavy (non-hydrogen) atoms. The van der Waals surface area contributed by atoms with Crippen LogP contribution in [0.15, 0.2) is 64.6 Å². The fraction of sp³-hybridized carbons (Fsp3) is 0.154. The second kappa shape index (κ2) is 9.71. The average molecular weight is 536 g/mol. The number of ether oxygens (including phenoxy) is 1. The van der Waals surface area contributed by atoms with Crippen LogP contribution in [-0.4, -0.2) is 35.0 Å². The number of halogens is 1. The molecule has 0 saturated carbocycles. The van der Waals surface area contributed by atoms with Crippen LogP contribution in [0.25, 0.3) is 11.8 Å². The molecular formula is C26H22BrN3O5. The van der Waals surface area contributed by atoms with Crippen molar-refractivity contribution >= 4 is 51.5 Å². The van der Waals surface area contributed by atoms with Gasteiger partial charge in [0.05, 0.1) is 17.9 Å². The van der Waals surface area contributed by atoms with E-state index < -0.39 is 23.8 Å². The summed E-state index contributed by atoms with van der Waals surface area (Å²) in [5.74, 6) is -1.90. The largest absolute Gasteiger partial charge is 0.462 e. The third-order valence-electron chi connectivity index (χ3n) is 5.55. The third-order valence-corrected chi connectivity index (χ3v) is 6.05. The Balaban J connectivity index is 1.74. The van der Waals surface area contributed by atoms with Gasteiger partial charge in [0.25, 0.3) is 11.8 Å². The van der Waals surface area contributed by atoms with E-state index in [0.717, 1.165) is 22.0 Å². The van der Waals surface area contributed by atoms with Gasteiger partial charge in [-0.1, -0.05) is 28.1 Å². The van der Waals surface area contributed by atoms with E-state index in [9.17, 15) is 19.2 Å². The van der Waals surface area contributed by atoms with Crippen molar-refractivity contribution in [3.05, 3.63) is 87.2 Å². The monoisotopic (exact) mass is 535 g/mol. The molecular weight excluding hydrogens is 514 g/mol. The lowest BCUT2D eigenvalue weighted by atomic mass is 10.1. The quantitative estimate of drug-likeness (QED) is 0.290. The van der Waals surface area contributed by atoms with Crippen molar-refractivity contribution in [3.8, 4) is 5.69 Å². The molecule has 1 N–H and O–H groups in total. The zero-order chi connectivity index (χ0) is 25.3. The van der Waals surface area contributed by atoms with Crippen LogP contribution >= 0.6 is 15.9 Å². The van der Waals surface area contributed by atoms with Crippen LogP contribution in [0.5, 0.6) is 0 Å². The van der Waals surface area contributed by atoms with Crippen molar-refractivity contribution in [2.45, 2.75) is 20.8 Å². The van der Waals surface area contributed by atoms with Crippen LogP contribution in [-0.2, 0) is 14.3 Å². The number of barbiturate groups is 1. The molecule has 0 aliphatic carbocycles. The molecule has 1 aliphatic heterocycles. The summed E-state index contributed by atoms with van der Waals surface area (Å²) in [7, 11) is 0. The van der Waals surface area contributed by atoms with Gasteiger partial charge in [-0.15, -0.1) is 0 Å². The van der Waals surface area contributed by atoms with E-state index in [1.165, 1.54) is 6.08 Å². The molecule has 1 saturated heterocycles. The minimum Gasteiger partial charge on any atom is -0.462 e. The van der Waals surface area contributed by atoms with Gasteiger partial charge in [-0.2, -0.15) is 0 Å². The van der Waals surface area contributed by atoms with Crippen molar-refractivity contribution in [1.29, 1.82) is 0 Å². The number of carbonyl (C=O) groups excluding carboxylic acids is 4. The maximum absolute atomic E-state index is 13.2. The standard InChI is InChI=1S/C26H22BrN3O5/c1-4-35-25(33)17-7-5-9-20(12-17)29-15(2)11-18(16(29)3)13-22-23(31)28-26(34)30(24(22)32)21-10-6-8-19(27)14-21/h5-14H,4H2,1-3H3,(H,28,31,34)/b22-13-. The molecule has 3 aromatic rings. The van der Waals surface area contributed by atoms with E-state index in [4.69, 9.17) is 4.74 Å². The lowest BCUT2D eigenvalue weighted by Gasteiger charge is -2.26. The fourth-order valence-electron chi connectivity index (χ4n) is 3.98. The SMILES string of the molecule is CCOC(=O)c1cccc(-n2c(C)cc(/C=C3/C(=O)NC(=O)N(c4cccc(Br)c4)C3=O)c2C)c1. The van der Waals surface area contributed by atoms with Crippen LogP contribution in [0.3, 0.4) is 0 Å². The van der Waals surface area contributed by atoms with E-state index in [-0.39, 0.29) is 12.2 Å². The van der Waals surface area contributed by atoms with Gasteiger partial charge in [0.1, 0.15) is 5.57 Å². The highest BCUT2D eigenvalue weighted by molar-refractivity contribution is 9.10. The van der Waals surface area contributed by atoms with Gasteiger partial charge in [0.15, 0.2) is 0 Å². The number of esters is 1. The summed E-state index contributed by atoms with van der Waals surface area (Å²) in [5.41, 5.74) is 3.54. The van der Waals surface area contributed by atoms with Crippen molar-refractivity contribution in [2.24, 2.45) is 0 Å². The Morgan fingerprint density at radius 2 is 1.74 bits per heavy atom. The zero-order valence-corrected chi connectivity index (χ0v) is 20.9. The molecule has 2 aromatic carbocycles. The molecule has 1 aliphatic rings. The number of nitrogens with one attached hydrogen (secondary N) is 1. The molecule has 4 rings (SSSR count). The van der Waals surface area contributed by atoms with Crippen molar-refractivity contribution in [3.63, 3.8) is 0 Å². The topological polar surface area (TPSA) is 97.7 Å². The summed E-state index contributed by atoms with van der Waals surface area (Å²) in [6.45, 7) is 5.75. The molecule has 2 heterocycles. The van der Waals surface area contributed by atoms with Gasteiger partial charge in [-0.3, -0.25) is 14.9 Å². The first-order chi connectivity index (χ1) is 16.7. The van der Waals surface area contributed by atoms with E-state index >= 15 is 0 Å². The van der Waals surface area contributed by atoms with E-state index in [2.05, 4.69) is 21.2 Å². The number of hydrogen-bond acceptors (Lipinski definition) is 5. The summed E-state index contributed by atoms with van der Waals surface area (Å²) in [5, 5.41) is 2.24. The Labute approximate surface area is 210 Å². The molecule has 1 aromatic heterocycles. The van der Waals surface area contributed by atoms with Crippen LogP contribution in [0.1, 0.15) is 34.2 Å². The van der Waals surface area contributed by atoms with Crippen LogP contribution in [0, 0.1) is 13.8 Å². The van der Waals surface area contributed by atoms with Crippen LogP contribution in [0.4, 0.5) is 10.5 Å². The summed E-state index contributed by atoms with van der Waals surface area (Å²) < 4.78 is 7.70. The smallest absolute Gasteiger partial charge is 0.338 e. The minimum absolute atomic E-state index is 0.162. The molecule has 9 heteroatoms. The van der Waals surface area contributed by atoms with Crippen molar-refractivity contribution in [2.75, 3.05) is 11.5 Å². The number of nitrogens with zero attached hydrogens (tertiary/aromatic N) is 2. The molecule has 0 bridgehead atoms. The third kappa shape index (κ3) is 4.67. The number of anilines is 1. The van der Waals surface area contributed by atoms with Gasteiger partial charge in [0, 0.05) is 21.5 Å². The molecule has 0 unspecified atom stereocenters. The molecule has 0 spiro atoms. The number of aryl methyl sites for hydroxylation is 1. The molecule has 1 fully saturated rings. The molecule has 0 atom stereocenters. The molecule has 0 radical (unpaired) electrons. The highest BCUT2D eigenvalue weighted by Gasteiger charge is 2.37. The van der Waals surface area contributed by atoms with Gasteiger partial charge in [-0.05, 0) is 74.9 Å². The first-order valence-electron chi connectivity index (χ1n) is 10.8. The van der Waals surface area contributed by atoms with E-state index in [1.54, 1.807) is 49.4 Å². The number of hydrogen-bond donors (Lipinski definition) is 1. The Kier molecular flexibility index (Phi) is 6.70. The number of amides is 4. The minimum atomic E-state index is -0.809. The van der Waals surface area contributed by atoms with E-state index in [0.29, 0.717) is 21.3 Å². The fourth-order valence-corrected chi connectivity index (χ4v) is 4.37. The molecule has 4 amide bonds. The molecule has 178 valence electrons. The maximum atomic E-state index is 13.2. The predicted molar refractivity (Wildman–Crippen MR) is 134 cm³/mol. The average Bonchev–Trinajstić information content (AvgIpc) is 3.09. The maximum Gasteiger partial charge on any atom is 0.338 e. The predicted octanol–water partition coefficient (Wildman–Crippen LogP) is 4.70. The summed E-state index contributed by atoms with van der Waals surface area (Å²) in [6, 6.07) is 14.7. The van der Waals surface area contributed by atoms with Gasteiger partial charge < -0.3 is 9.30 Å². The second-order valence-electron chi connectivity index (χ2n) is 7.87. The number of aromatic nitrogens is 1. The Morgan fingerprint density at radius 3 is 2.46 bits per heavy atom. The highest BCUT2D eigenvalue weighted by Crippen LogP contribution is 2.27. The lowest BCUT2D eigenvalue weighted by molar-refractivity contribution is -0.122. The number of benzene rings is 2. The second-order valence-corrected chi connectivity index (χ2v) is 8.79. The first kappa shape index (κ1) is 24.2. The van der Waals surface area contributed by atoms with E-state index in [1.807, 2.05) is 30.5 Å². The number of urea groups is 1. The highest BCUT2D eigenvalue weighted by atomic mass is 79.9. The zero-order valence-electron chi connectivity index (χ0n) is 19.3. The number of carbonyl (C=O) groups is 4. The Hall–Kier alpha value is -3.98. The number of imide groups is 2. The first-order valence-corrected chi connectivity index (χ1v) is 11.6. The Bertz CT molecular complexity index is 1410.